The molecule has 0 aromatic carbocycles. The van der Waals surface area contributed by atoms with Crippen molar-refractivity contribution in [3.05, 3.63) is 0 Å². The molecule has 2 heterocycles. The second kappa shape index (κ2) is 0.172. The largest absolute Gasteiger partial charge is 0.442 e. The van der Waals surface area contributed by atoms with Crippen molar-refractivity contribution in [2.75, 3.05) is 6.61 Å². The number of hydrogen-bond acceptors (Lipinski definition) is 1. The maximum atomic E-state index is 4.56. The highest BCUT2D eigenvalue weighted by Crippen LogP contribution is 2.43. The fraction of sp³-hybridized carbons (Fsp3) is 1.00. The van der Waals surface area contributed by atoms with E-state index in [1.54, 1.807) is 0 Å². The Bertz CT molecular complexity index is 40.0. The third kappa shape index (κ3) is 0.0259. The van der Waals surface area contributed by atoms with Gasteiger partial charge in [-0.1, -0.05) is 0 Å². The van der Waals surface area contributed by atoms with Crippen LogP contribution < -0.4 is 0 Å². The summed E-state index contributed by atoms with van der Waals surface area (Å²) in [5, 5.41) is 0. The van der Waals surface area contributed by atoms with Gasteiger partial charge >= 0.3 is 6.29 Å². The fourth-order valence-electron chi connectivity index (χ4n) is 0.202. The summed E-state index contributed by atoms with van der Waals surface area (Å²) in [4.78, 5) is 4.56. The molecule has 2 saturated heterocycles. The maximum absolute atomic E-state index is 4.56. The van der Waals surface area contributed by atoms with Crippen LogP contribution in [-0.4, -0.2) is 12.9 Å². The fourth-order valence-corrected chi connectivity index (χ4v) is 0.202. The highest BCUT2D eigenvalue weighted by atomic mass is 17.5. The standard InChI is InChI=1S/C2H3O2/c1-2-3-4(1)2/h2H,1H2/q+1/t2-/m0/s1. The lowest BCUT2D eigenvalue weighted by atomic mass is 10.9. The first-order chi connectivity index (χ1) is 1.97. The Labute approximate surface area is 23.6 Å². The van der Waals surface area contributed by atoms with Crippen molar-refractivity contribution in [2.24, 2.45) is 0 Å². The molecule has 0 N–H and O–H groups in total. The Morgan fingerprint density at radius 3 is 2.25 bits per heavy atom. The zero-order chi connectivity index (χ0) is 2.57. The molecule has 0 spiro atoms. The Hall–Kier alpha value is -0.0800. The van der Waals surface area contributed by atoms with Crippen LogP contribution in [0.2, 0.25) is 0 Å². The summed E-state index contributed by atoms with van der Waals surface area (Å²) in [7, 11) is 0. The van der Waals surface area contributed by atoms with E-state index in [1.807, 2.05) is 0 Å². The highest BCUT2D eigenvalue weighted by Gasteiger charge is 2.72. The van der Waals surface area contributed by atoms with E-state index in [0.29, 0.717) is 6.29 Å². The Balaban J connectivity index is 2.48. The molecule has 0 amide bonds. The van der Waals surface area contributed by atoms with Gasteiger partial charge in [0.1, 0.15) is 0 Å². The summed E-state index contributed by atoms with van der Waals surface area (Å²) in [5.74, 6) is 0. The van der Waals surface area contributed by atoms with Crippen molar-refractivity contribution >= 4 is 0 Å². The molecule has 2 aliphatic rings. The van der Waals surface area contributed by atoms with E-state index in [0.717, 1.165) is 6.61 Å². The van der Waals surface area contributed by atoms with Gasteiger partial charge in [0.25, 0.3) is 6.61 Å². The second-order valence-electron chi connectivity index (χ2n) is 1.07. The molecule has 2 aliphatic heterocycles. The van der Waals surface area contributed by atoms with Gasteiger partial charge in [0.15, 0.2) is 0 Å². The van der Waals surface area contributed by atoms with E-state index in [9.17, 15) is 0 Å². The van der Waals surface area contributed by atoms with Gasteiger partial charge in [-0.05, 0) is 4.89 Å². The normalized spacial score (nSPS) is 52.5. The molecule has 0 saturated carbocycles. The first-order valence-electron chi connectivity index (χ1n) is 1.33. The molecule has 2 nitrogen and oxygen atoms in total. The lowest BCUT2D eigenvalue weighted by molar-refractivity contribution is -0.116. The molecule has 0 aliphatic carbocycles. The molecule has 2 heteroatoms. The summed E-state index contributed by atoms with van der Waals surface area (Å²) in [6, 6.07) is 0. The maximum Gasteiger partial charge on any atom is 0.442 e. The zero-order valence-electron chi connectivity index (χ0n) is 2.10. The van der Waals surface area contributed by atoms with Crippen molar-refractivity contribution in [1.82, 2.24) is 0 Å². The van der Waals surface area contributed by atoms with E-state index >= 15 is 0 Å². The van der Waals surface area contributed by atoms with Crippen molar-refractivity contribution in [2.45, 2.75) is 6.29 Å². The Kier molecular flexibility index (Phi) is 0.0592. The van der Waals surface area contributed by atoms with E-state index in [1.165, 1.54) is 0 Å². The van der Waals surface area contributed by atoms with Crippen LogP contribution in [0.5, 0.6) is 0 Å². The van der Waals surface area contributed by atoms with E-state index in [2.05, 4.69) is 9.41 Å². The van der Waals surface area contributed by atoms with Crippen LogP contribution in [-0.2, 0) is 9.41 Å². The van der Waals surface area contributed by atoms with Gasteiger partial charge in [0.05, 0.1) is 0 Å². The first-order valence-corrected chi connectivity index (χ1v) is 1.33. The van der Waals surface area contributed by atoms with Crippen molar-refractivity contribution in [3.8, 4) is 0 Å². The summed E-state index contributed by atoms with van der Waals surface area (Å²) >= 11 is 0. The van der Waals surface area contributed by atoms with Gasteiger partial charge < -0.3 is 0 Å². The third-order valence-electron chi connectivity index (χ3n) is 0.671. The minimum atomic E-state index is 0.500. The van der Waals surface area contributed by atoms with E-state index in [-0.39, 0.29) is 0 Å². The topological polar surface area (TPSA) is 15.2 Å². The average molecular weight is 59.0 g/mol. The monoisotopic (exact) mass is 59.0 g/mol. The molecule has 22 valence electrons. The molecule has 0 radical (unpaired) electrons. The predicted molar refractivity (Wildman–Crippen MR) is 10.8 cm³/mol. The van der Waals surface area contributed by atoms with E-state index in [4.69, 9.17) is 0 Å². The summed E-state index contributed by atoms with van der Waals surface area (Å²) in [6.07, 6.45) is 0.500. The van der Waals surface area contributed by atoms with Crippen molar-refractivity contribution in [1.29, 1.82) is 0 Å². The number of epoxide rings is 1. The lowest BCUT2D eigenvalue weighted by Crippen LogP contribution is -1.70. The Morgan fingerprint density at radius 1 is 2.00 bits per heavy atom. The van der Waals surface area contributed by atoms with Gasteiger partial charge in [-0.15, -0.1) is 0 Å². The number of fused-ring (bicyclic) bond motifs is 1. The quantitative estimate of drug-likeness (QED) is 0.215. The van der Waals surface area contributed by atoms with Crippen molar-refractivity contribution in [3.63, 3.8) is 0 Å². The minimum Gasteiger partial charge on any atom is -0.182 e. The van der Waals surface area contributed by atoms with Crippen LogP contribution in [0.4, 0.5) is 0 Å². The van der Waals surface area contributed by atoms with E-state index < -0.39 is 0 Å². The molecule has 0 unspecified atom stereocenters. The predicted octanol–water partition coefficient (Wildman–Crippen LogP) is -0.176. The summed E-state index contributed by atoms with van der Waals surface area (Å²) in [6.45, 7) is 1.11. The molecule has 1 atom stereocenters. The molecule has 2 fully saturated rings. The smallest absolute Gasteiger partial charge is 0.182 e. The van der Waals surface area contributed by atoms with Crippen LogP contribution in [0.25, 0.3) is 0 Å². The lowest BCUT2D eigenvalue weighted by Gasteiger charge is -1.49. The SMILES string of the molecule is C1[C@H]2O[O+]12. The second-order valence-corrected chi connectivity index (χ2v) is 1.07. The van der Waals surface area contributed by atoms with Crippen LogP contribution in [0.1, 0.15) is 0 Å². The van der Waals surface area contributed by atoms with Gasteiger partial charge in [-0.25, -0.2) is 0 Å². The zero-order valence-corrected chi connectivity index (χ0v) is 2.10. The molecular formula is C2H3O2+. The molecular weight excluding hydrogens is 56.0 g/mol. The molecule has 4 heavy (non-hydrogen) atoms. The van der Waals surface area contributed by atoms with Gasteiger partial charge in [-0.3, -0.25) is 0 Å². The molecule has 0 aromatic rings. The van der Waals surface area contributed by atoms with Crippen molar-refractivity contribution < 1.29 is 9.41 Å². The average Bonchev–Trinajstić information content (AvgIpc) is 1.36. The van der Waals surface area contributed by atoms with Gasteiger partial charge in [0, 0.05) is 0 Å². The first kappa shape index (κ1) is 1.38. The van der Waals surface area contributed by atoms with Gasteiger partial charge in [0.2, 0.25) is 0 Å². The summed E-state index contributed by atoms with van der Waals surface area (Å²) < 4.78 is 2.50. The van der Waals surface area contributed by atoms with Crippen LogP contribution in [0, 0.1) is 0 Å². The van der Waals surface area contributed by atoms with Crippen LogP contribution in [0.15, 0.2) is 0 Å². The van der Waals surface area contributed by atoms with Crippen LogP contribution in [0.3, 0.4) is 0 Å². The molecule has 0 aromatic heterocycles. The van der Waals surface area contributed by atoms with Crippen LogP contribution >= 0.6 is 0 Å². The minimum absolute atomic E-state index is 0.500. The number of hydrogen-bond donors (Lipinski definition) is 0. The van der Waals surface area contributed by atoms with Gasteiger partial charge in [-0.2, -0.15) is 4.52 Å². The Morgan fingerprint density at radius 2 is 2.25 bits per heavy atom. The summed E-state index contributed by atoms with van der Waals surface area (Å²) in [5.41, 5.74) is 0. The highest BCUT2D eigenvalue weighted by molar-refractivity contribution is 4.68. The molecule has 0 bridgehead atoms. The molecule has 2 rings (SSSR count). The number of rotatable bonds is 0. The third-order valence-corrected chi connectivity index (χ3v) is 0.671.